The first-order valence-corrected chi connectivity index (χ1v) is 7.63. The standard InChI is InChI=1S/C16H18FN3O/c17-13-3-4-18-15-12(13)8-14(20-15)16(21)19-11-6-9-1-2-10(5-9)7-11/h3-4,8-11H,1-2,5-7H2,(H,18,20)(H,19,21). The lowest BCUT2D eigenvalue weighted by atomic mass is 9.85. The molecule has 2 fully saturated rings. The van der Waals surface area contributed by atoms with Gasteiger partial charge >= 0.3 is 0 Å². The first-order valence-electron chi connectivity index (χ1n) is 7.63. The van der Waals surface area contributed by atoms with E-state index in [1.54, 1.807) is 6.07 Å². The molecule has 21 heavy (non-hydrogen) atoms. The SMILES string of the molecule is O=C(NC1CC2CCC(C2)C1)c1cc2c(F)ccnc2[nH]1. The summed E-state index contributed by atoms with van der Waals surface area (Å²) >= 11 is 0. The monoisotopic (exact) mass is 287 g/mol. The molecule has 0 spiro atoms. The molecule has 4 rings (SSSR count). The van der Waals surface area contributed by atoms with E-state index >= 15 is 0 Å². The van der Waals surface area contributed by atoms with Crippen molar-refractivity contribution in [2.45, 2.75) is 38.1 Å². The van der Waals surface area contributed by atoms with Crippen LogP contribution in [0.5, 0.6) is 0 Å². The number of fused-ring (bicyclic) bond motifs is 3. The van der Waals surface area contributed by atoms with E-state index in [1.165, 1.54) is 31.5 Å². The van der Waals surface area contributed by atoms with Crippen molar-refractivity contribution in [2.75, 3.05) is 0 Å². The van der Waals surface area contributed by atoms with E-state index in [0.717, 1.165) is 24.7 Å². The third-order valence-corrected chi connectivity index (χ3v) is 4.94. The number of aromatic amines is 1. The van der Waals surface area contributed by atoms with E-state index in [-0.39, 0.29) is 17.8 Å². The van der Waals surface area contributed by atoms with Gasteiger partial charge in [-0.05, 0) is 43.2 Å². The number of hydrogen-bond acceptors (Lipinski definition) is 2. The zero-order chi connectivity index (χ0) is 14.4. The van der Waals surface area contributed by atoms with Crippen LogP contribution in [0.2, 0.25) is 0 Å². The van der Waals surface area contributed by atoms with Crippen LogP contribution in [0.4, 0.5) is 4.39 Å². The van der Waals surface area contributed by atoms with Crippen molar-refractivity contribution in [3.8, 4) is 0 Å². The summed E-state index contributed by atoms with van der Waals surface area (Å²) in [6.45, 7) is 0. The fourth-order valence-corrected chi connectivity index (χ4v) is 4.01. The summed E-state index contributed by atoms with van der Waals surface area (Å²) in [6.07, 6.45) is 7.49. The van der Waals surface area contributed by atoms with Gasteiger partial charge < -0.3 is 10.3 Å². The molecule has 0 radical (unpaired) electrons. The van der Waals surface area contributed by atoms with Crippen LogP contribution in [-0.2, 0) is 0 Å². The Bertz CT molecular complexity index is 684. The van der Waals surface area contributed by atoms with Gasteiger partial charge in [0, 0.05) is 12.2 Å². The molecule has 2 atom stereocenters. The second-order valence-corrected chi connectivity index (χ2v) is 6.42. The van der Waals surface area contributed by atoms with Crippen LogP contribution in [0, 0.1) is 17.7 Å². The minimum Gasteiger partial charge on any atom is -0.348 e. The van der Waals surface area contributed by atoms with Gasteiger partial charge in [0.25, 0.3) is 5.91 Å². The molecule has 110 valence electrons. The van der Waals surface area contributed by atoms with Crippen molar-refractivity contribution in [3.05, 3.63) is 29.8 Å². The third kappa shape index (κ3) is 2.30. The average molecular weight is 287 g/mol. The molecule has 2 aliphatic carbocycles. The third-order valence-electron chi connectivity index (χ3n) is 4.94. The number of nitrogens with one attached hydrogen (secondary N) is 2. The van der Waals surface area contributed by atoms with Gasteiger partial charge in [-0.25, -0.2) is 9.37 Å². The van der Waals surface area contributed by atoms with Crippen LogP contribution >= 0.6 is 0 Å². The Morgan fingerprint density at radius 2 is 2.05 bits per heavy atom. The first-order chi connectivity index (χ1) is 10.2. The molecule has 2 unspecified atom stereocenters. The summed E-state index contributed by atoms with van der Waals surface area (Å²) in [5, 5.41) is 3.46. The lowest BCUT2D eigenvalue weighted by Crippen LogP contribution is -2.39. The summed E-state index contributed by atoms with van der Waals surface area (Å²) in [5.41, 5.74) is 0.810. The molecule has 4 nitrogen and oxygen atoms in total. The summed E-state index contributed by atoms with van der Waals surface area (Å²) in [4.78, 5) is 19.3. The van der Waals surface area contributed by atoms with E-state index in [2.05, 4.69) is 15.3 Å². The van der Waals surface area contributed by atoms with Gasteiger partial charge in [0.05, 0.1) is 5.39 Å². The molecule has 2 N–H and O–H groups in total. The summed E-state index contributed by atoms with van der Waals surface area (Å²) in [7, 11) is 0. The second-order valence-electron chi connectivity index (χ2n) is 6.42. The predicted octanol–water partition coefficient (Wildman–Crippen LogP) is 3.01. The molecule has 2 aromatic heterocycles. The molecule has 2 aliphatic rings. The van der Waals surface area contributed by atoms with Crippen molar-refractivity contribution >= 4 is 16.9 Å². The van der Waals surface area contributed by atoms with Crippen molar-refractivity contribution in [3.63, 3.8) is 0 Å². The maximum Gasteiger partial charge on any atom is 0.267 e. The number of aromatic nitrogens is 2. The number of nitrogens with zero attached hydrogens (tertiary/aromatic N) is 1. The Kier molecular flexibility index (Phi) is 2.94. The first kappa shape index (κ1) is 12.8. The molecular weight excluding hydrogens is 269 g/mol. The van der Waals surface area contributed by atoms with Gasteiger partial charge in [-0.3, -0.25) is 4.79 Å². The number of halogens is 1. The van der Waals surface area contributed by atoms with E-state index in [0.29, 0.717) is 16.7 Å². The molecule has 1 amide bonds. The minimum absolute atomic E-state index is 0.154. The van der Waals surface area contributed by atoms with Crippen molar-refractivity contribution < 1.29 is 9.18 Å². The van der Waals surface area contributed by atoms with Gasteiger partial charge in [0.2, 0.25) is 0 Å². The molecule has 0 aromatic carbocycles. The molecule has 2 saturated carbocycles. The molecule has 2 heterocycles. The highest BCUT2D eigenvalue weighted by atomic mass is 19.1. The Morgan fingerprint density at radius 3 is 2.76 bits per heavy atom. The predicted molar refractivity (Wildman–Crippen MR) is 77.4 cm³/mol. The number of pyridine rings is 1. The largest absolute Gasteiger partial charge is 0.348 e. The smallest absolute Gasteiger partial charge is 0.267 e. The fraction of sp³-hybridized carbons (Fsp3) is 0.500. The average Bonchev–Trinajstić information content (AvgIpc) is 3.03. The van der Waals surface area contributed by atoms with Crippen LogP contribution in [0.1, 0.15) is 42.6 Å². The summed E-state index contributed by atoms with van der Waals surface area (Å²) < 4.78 is 13.6. The number of carbonyl (C=O) groups is 1. The van der Waals surface area contributed by atoms with E-state index in [9.17, 15) is 9.18 Å². The van der Waals surface area contributed by atoms with Gasteiger partial charge in [-0.1, -0.05) is 12.8 Å². The molecule has 0 saturated heterocycles. The highest BCUT2D eigenvalue weighted by Crippen LogP contribution is 2.41. The van der Waals surface area contributed by atoms with Crippen LogP contribution in [0.15, 0.2) is 18.3 Å². The lowest BCUT2D eigenvalue weighted by Gasteiger charge is -2.28. The van der Waals surface area contributed by atoms with Gasteiger partial charge in [-0.2, -0.15) is 0 Å². The number of hydrogen-bond donors (Lipinski definition) is 2. The highest BCUT2D eigenvalue weighted by molar-refractivity contribution is 5.97. The number of rotatable bonds is 2. The topological polar surface area (TPSA) is 57.8 Å². The van der Waals surface area contributed by atoms with Gasteiger partial charge in [-0.15, -0.1) is 0 Å². The zero-order valence-electron chi connectivity index (χ0n) is 11.7. The highest BCUT2D eigenvalue weighted by Gasteiger charge is 2.34. The Labute approximate surface area is 122 Å². The van der Waals surface area contributed by atoms with E-state index < -0.39 is 0 Å². The molecule has 2 aromatic rings. The van der Waals surface area contributed by atoms with E-state index in [4.69, 9.17) is 0 Å². The normalized spacial score (nSPS) is 28.0. The van der Waals surface area contributed by atoms with Crippen LogP contribution in [0.3, 0.4) is 0 Å². The summed E-state index contributed by atoms with van der Waals surface area (Å²) in [6, 6.07) is 3.11. The minimum atomic E-state index is -0.356. The number of H-pyrrole nitrogens is 1. The zero-order valence-corrected chi connectivity index (χ0v) is 11.7. The van der Waals surface area contributed by atoms with Crippen LogP contribution in [0.25, 0.3) is 11.0 Å². The molecular formula is C16H18FN3O. The second kappa shape index (κ2) is 4.83. The van der Waals surface area contributed by atoms with Gasteiger partial charge in [0.15, 0.2) is 0 Å². The van der Waals surface area contributed by atoms with Crippen molar-refractivity contribution in [2.24, 2.45) is 11.8 Å². The number of carbonyl (C=O) groups excluding carboxylic acids is 1. The van der Waals surface area contributed by atoms with Crippen molar-refractivity contribution in [1.82, 2.24) is 15.3 Å². The Hall–Kier alpha value is -1.91. The fourth-order valence-electron chi connectivity index (χ4n) is 4.01. The quantitative estimate of drug-likeness (QED) is 0.892. The van der Waals surface area contributed by atoms with E-state index in [1.807, 2.05) is 0 Å². The lowest BCUT2D eigenvalue weighted by molar-refractivity contribution is 0.0914. The maximum atomic E-state index is 13.6. The molecule has 0 aliphatic heterocycles. The molecule has 5 heteroatoms. The maximum absolute atomic E-state index is 13.6. The molecule has 2 bridgehead atoms. The van der Waals surface area contributed by atoms with Crippen LogP contribution in [-0.4, -0.2) is 21.9 Å². The number of amides is 1. The van der Waals surface area contributed by atoms with Crippen molar-refractivity contribution in [1.29, 1.82) is 0 Å². The summed E-state index contributed by atoms with van der Waals surface area (Å²) in [5.74, 6) is 1.04. The van der Waals surface area contributed by atoms with Crippen LogP contribution < -0.4 is 5.32 Å². The Balaban J connectivity index is 1.52. The Morgan fingerprint density at radius 1 is 1.29 bits per heavy atom. The van der Waals surface area contributed by atoms with Gasteiger partial charge in [0.1, 0.15) is 17.2 Å².